The zero-order valence-electron chi connectivity index (χ0n) is 19.0. The fourth-order valence-corrected chi connectivity index (χ4v) is 5.29. The highest BCUT2D eigenvalue weighted by Crippen LogP contribution is 2.42. The molecule has 1 aliphatic carbocycles. The number of halogens is 1. The second-order valence-electron chi connectivity index (χ2n) is 9.19. The van der Waals surface area contributed by atoms with Gasteiger partial charge in [-0.15, -0.1) is 0 Å². The zero-order valence-corrected chi connectivity index (χ0v) is 19.0. The zero-order chi connectivity index (χ0) is 22.6. The van der Waals surface area contributed by atoms with Crippen LogP contribution >= 0.6 is 0 Å². The van der Waals surface area contributed by atoms with Crippen molar-refractivity contribution in [3.05, 3.63) is 41.2 Å². The summed E-state index contributed by atoms with van der Waals surface area (Å²) in [6, 6.07) is 6.92. The number of amides is 1. The van der Waals surface area contributed by atoms with E-state index in [0.717, 1.165) is 77.7 Å². The van der Waals surface area contributed by atoms with Crippen LogP contribution in [-0.4, -0.2) is 61.6 Å². The lowest BCUT2D eigenvalue weighted by atomic mass is 9.84. The molecule has 1 spiro atoms. The van der Waals surface area contributed by atoms with E-state index in [-0.39, 0.29) is 17.7 Å². The van der Waals surface area contributed by atoms with Crippen LogP contribution in [0.2, 0.25) is 0 Å². The second kappa shape index (κ2) is 10.0. The average molecular weight is 444 g/mol. The molecule has 4 rings (SSSR count). The number of hydrogen-bond donors (Lipinski definition) is 1. The van der Waals surface area contributed by atoms with E-state index in [0.29, 0.717) is 23.4 Å². The lowest BCUT2D eigenvalue weighted by Crippen LogP contribution is -2.47. The molecule has 1 saturated carbocycles. The van der Waals surface area contributed by atoms with Crippen molar-refractivity contribution in [2.24, 2.45) is 0 Å². The van der Waals surface area contributed by atoms with Crippen LogP contribution in [0.25, 0.3) is 0 Å². The number of hydrogen-bond acceptors (Lipinski definition) is 5. The van der Waals surface area contributed by atoms with Crippen LogP contribution in [0.5, 0.6) is 0 Å². The van der Waals surface area contributed by atoms with E-state index >= 15 is 0 Å². The van der Waals surface area contributed by atoms with Crippen LogP contribution in [0.1, 0.15) is 51.9 Å². The van der Waals surface area contributed by atoms with Gasteiger partial charge >= 0.3 is 5.97 Å². The first kappa shape index (κ1) is 22.8. The number of piperazine rings is 1. The molecule has 2 aliphatic heterocycles. The Kier molecular flexibility index (Phi) is 7.13. The van der Waals surface area contributed by atoms with Crippen LogP contribution in [0, 0.1) is 5.82 Å². The van der Waals surface area contributed by atoms with Crippen LogP contribution in [-0.2, 0) is 14.3 Å². The quantitative estimate of drug-likeness (QED) is 0.539. The molecule has 0 bridgehead atoms. The van der Waals surface area contributed by atoms with Gasteiger partial charge in [-0.2, -0.15) is 0 Å². The summed E-state index contributed by atoms with van der Waals surface area (Å²) in [6.07, 6.45) is 6.52. The molecule has 1 aromatic rings. The Morgan fingerprint density at radius 1 is 1.09 bits per heavy atom. The van der Waals surface area contributed by atoms with Gasteiger partial charge in [0.1, 0.15) is 11.4 Å². The molecule has 1 aromatic carbocycles. The topological polar surface area (TPSA) is 61.9 Å². The first-order chi connectivity index (χ1) is 15.5. The maximum atomic E-state index is 14.0. The minimum absolute atomic E-state index is 0.153. The van der Waals surface area contributed by atoms with Gasteiger partial charge in [-0.1, -0.05) is 25.0 Å². The predicted octanol–water partition coefficient (Wildman–Crippen LogP) is 3.42. The van der Waals surface area contributed by atoms with Gasteiger partial charge in [0.2, 0.25) is 0 Å². The third-order valence-corrected chi connectivity index (χ3v) is 7.07. The third-order valence-electron chi connectivity index (χ3n) is 7.07. The highest BCUT2D eigenvalue weighted by atomic mass is 19.1. The Morgan fingerprint density at radius 3 is 2.47 bits per heavy atom. The fourth-order valence-electron chi connectivity index (χ4n) is 5.29. The number of ether oxygens (including phenoxy) is 1. The summed E-state index contributed by atoms with van der Waals surface area (Å²) in [7, 11) is 0. The number of carbonyl (C=O) groups excluding carboxylic acids is 2. The molecule has 1 N–H and O–H groups in total. The molecule has 1 amide bonds. The summed E-state index contributed by atoms with van der Waals surface area (Å²) < 4.78 is 19.8. The molecule has 2 fully saturated rings. The van der Waals surface area contributed by atoms with Gasteiger partial charge in [0.05, 0.1) is 11.3 Å². The normalized spacial score (nSPS) is 21.6. The van der Waals surface area contributed by atoms with Gasteiger partial charge < -0.3 is 15.0 Å². The van der Waals surface area contributed by atoms with E-state index in [1.165, 1.54) is 6.07 Å². The highest BCUT2D eigenvalue weighted by molar-refractivity contribution is 6.07. The maximum Gasteiger partial charge on any atom is 0.335 e. The van der Waals surface area contributed by atoms with Crippen molar-refractivity contribution in [3.63, 3.8) is 0 Å². The third kappa shape index (κ3) is 4.82. The summed E-state index contributed by atoms with van der Waals surface area (Å²) in [5, 5.41) is 3.03. The van der Waals surface area contributed by atoms with Crippen molar-refractivity contribution in [3.8, 4) is 0 Å². The van der Waals surface area contributed by atoms with Gasteiger partial charge in [-0.05, 0) is 57.7 Å². The van der Waals surface area contributed by atoms with Gasteiger partial charge in [-0.3, -0.25) is 9.69 Å². The number of anilines is 1. The van der Waals surface area contributed by atoms with Crippen molar-refractivity contribution >= 4 is 17.6 Å². The van der Waals surface area contributed by atoms with Crippen LogP contribution in [0.15, 0.2) is 35.4 Å². The van der Waals surface area contributed by atoms with Crippen molar-refractivity contribution in [2.45, 2.75) is 57.5 Å². The van der Waals surface area contributed by atoms with Gasteiger partial charge in [0.25, 0.3) is 5.91 Å². The molecule has 0 radical (unpaired) electrons. The molecule has 0 atom stereocenters. The lowest BCUT2D eigenvalue weighted by Gasteiger charge is -2.36. The van der Waals surface area contributed by atoms with Crippen LogP contribution in [0.4, 0.5) is 10.1 Å². The molecule has 6 nitrogen and oxygen atoms in total. The van der Waals surface area contributed by atoms with Gasteiger partial charge in [-0.25, -0.2) is 9.18 Å². The van der Waals surface area contributed by atoms with E-state index in [1.807, 2.05) is 12.1 Å². The van der Waals surface area contributed by atoms with E-state index < -0.39 is 5.60 Å². The van der Waals surface area contributed by atoms with Crippen molar-refractivity contribution in [2.75, 3.05) is 44.2 Å². The molecule has 3 aliphatic rings. The van der Waals surface area contributed by atoms with Crippen molar-refractivity contribution in [1.82, 2.24) is 10.2 Å². The molecule has 1 saturated heterocycles. The highest BCUT2D eigenvalue weighted by Gasteiger charge is 2.48. The number of rotatable bonds is 6. The fraction of sp³-hybridized carbons (Fsp3) is 0.600. The molecule has 7 heteroatoms. The summed E-state index contributed by atoms with van der Waals surface area (Å²) in [5.74, 6) is -0.668. The first-order valence-electron chi connectivity index (χ1n) is 11.9. The number of benzene rings is 1. The first-order valence-corrected chi connectivity index (χ1v) is 11.9. The second-order valence-corrected chi connectivity index (χ2v) is 9.19. The summed E-state index contributed by atoms with van der Waals surface area (Å²) >= 11 is 0. The smallest absolute Gasteiger partial charge is 0.335 e. The Bertz CT molecular complexity index is 869. The van der Waals surface area contributed by atoms with E-state index in [1.54, 1.807) is 13.0 Å². The molecule has 32 heavy (non-hydrogen) atoms. The molecule has 0 aromatic heterocycles. The minimum atomic E-state index is -0.717. The Morgan fingerprint density at radius 2 is 1.78 bits per heavy atom. The van der Waals surface area contributed by atoms with Crippen molar-refractivity contribution in [1.29, 1.82) is 0 Å². The maximum absolute atomic E-state index is 14.0. The van der Waals surface area contributed by atoms with Gasteiger partial charge in [0.15, 0.2) is 0 Å². The average Bonchev–Trinajstić information content (AvgIpc) is 2.92. The number of esters is 1. The largest absolute Gasteiger partial charge is 0.451 e. The van der Waals surface area contributed by atoms with Crippen LogP contribution < -0.4 is 10.2 Å². The van der Waals surface area contributed by atoms with Gasteiger partial charge in [0, 0.05) is 38.3 Å². The standard InChI is InChI=1S/C25H34FN3O3/c1-19-22(25(32-24(19)31)11-6-2-3-7-12-25)23(30)27-13-8-14-28-15-17-29(18-16-28)21-10-5-4-9-20(21)26/h4-5,9-10H,2-3,6-8,11-18H2,1H3,(H,27,30). The summed E-state index contributed by atoms with van der Waals surface area (Å²) in [5.41, 5.74) is 0.977. The number of para-hydroxylation sites is 1. The number of nitrogens with one attached hydrogen (secondary N) is 1. The van der Waals surface area contributed by atoms with E-state index in [2.05, 4.69) is 15.1 Å². The summed E-state index contributed by atoms with van der Waals surface area (Å²) in [6.45, 7) is 6.49. The molecule has 0 unspecified atom stereocenters. The number of nitrogens with zero attached hydrogens (tertiary/aromatic N) is 2. The lowest BCUT2D eigenvalue weighted by molar-refractivity contribution is -0.148. The SMILES string of the molecule is CC1=C(C(=O)NCCCN2CCN(c3ccccc3F)CC2)C2(CCCCCC2)OC1=O. The Hall–Kier alpha value is -2.41. The summed E-state index contributed by atoms with van der Waals surface area (Å²) in [4.78, 5) is 29.7. The van der Waals surface area contributed by atoms with E-state index in [9.17, 15) is 14.0 Å². The molecular formula is C25H34FN3O3. The van der Waals surface area contributed by atoms with Crippen molar-refractivity contribution < 1.29 is 18.7 Å². The van der Waals surface area contributed by atoms with Crippen LogP contribution in [0.3, 0.4) is 0 Å². The van der Waals surface area contributed by atoms with E-state index in [4.69, 9.17) is 4.74 Å². The number of carbonyl (C=O) groups is 2. The Labute approximate surface area is 189 Å². The molecular weight excluding hydrogens is 409 g/mol. The monoisotopic (exact) mass is 443 g/mol. The minimum Gasteiger partial charge on any atom is -0.451 e. The molecule has 2 heterocycles. The molecule has 174 valence electrons. The Balaban J connectivity index is 1.24. The predicted molar refractivity (Wildman–Crippen MR) is 122 cm³/mol.